The van der Waals surface area contributed by atoms with E-state index < -0.39 is 0 Å². The molecular formula is C17H29NOS. The standard InChI is InChI=1S/C17H29NOS/c1-4-14-7-5-6-8-17(14)19-12-16-10-9-15(20-16)11-18-13(2)3/h9-10,13-14,17-18H,4-8,11-12H2,1-3H3. The summed E-state index contributed by atoms with van der Waals surface area (Å²) in [6.07, 6.45) is 7.10. The molecule has 1 heterocycles. The second-order valence-electron chi connectivity index (χ2n) is 6.21. The molecular weight excluding hydrogens is 266 g/mol. The Balaban J connectivity index is 1.78. The van der Waals surface area contributed by atoms with Crippen molar-refractivity contribution < 1.29 is 4.74 Å². The van der Waals surface area contributed by atoms with Gasteiger partial charge in [0.25, 0.3) is 0 Å². The van der Waals surface area contributed by atoms with Crippen LogP contribution in [0.3, 0.4) is 0 Å². The minimum Gasteiger partial charge on any atom is -0.372 e. The van der Waals surface area contributed by atoms with Gasteiger partial charge in [0.05, 0.1) is 12.7 Å². The van der Waals surface area contributed by atoms with E-state index >= 15 is 0 Å². The summed E-state index contributed by atoms with van der Waals surface area (Å²) in [4.78, 5) is 2.78. The minimum absolute atomic E-state index is 0.494. The van der Waals surface area contributed by atoms with E-state index in [1.807, 2.05) is 11.3 Å². The van der Waals surface area contributed by atoms with Gasteiger partial charge in [-0.3, -0.25) is 0 Å². The summed E-state index contributed by atoms with van der Waals surface area (Å²) < 4.78 is 6.20. The molecule has 2 atom stereocenters. The van der Waals surface area contributed by atoms with Crippen LogP contribution in [0.25, 0.3) is 0 Å². The second kappa shape index (κ2) is 8.16. The third-order valence-corrected chi connectivity index (χ3v) is 5.26. The average molecular weight is 295 g/mol. The highest BCUT2D eigenvalue weighted by atomic mass is 32.1. The van der Waals surface area contributed by atoms with Gasteiger partial charge in [0.1, 0.15) is 0 Å². The number of hydrogen-bond donors (Lipinski definition) is 1. The first-order valence-corrected chi connectivity index (χ1v) is 8.93. The molecule has 1 aromatic heterocycles. The number of rotatable bonds is 7. The lowest BCUT2D eigenvalue weighted by Crippen LogP contribution is -2.27. The Morgan fingerprint density at radius 3 is 2.75 bits per heavy atom. The fraction of sp³-hybridized carbons (Fsp3) is 0.765. The maximum absolute atomic E-state index is 6.20. The number of ether oxygens (including phenoxy) is 1. The van der Waals surface area contributed by atoms with Gasteiger partial charge in [-0.2, -0.15) is 0 Å². The van der Waals surface area contributed by atoms with E-state index in [2.05, 4.69) is 38.2 Å². The van der Waals surface area contributed by atoms with E-state index in [4.69, 9.17) is 4.74 Å². The van der Waals surface area contributed by atoms with Crippen LogP contribution < -0.4 is 5.32 Å². The highest BCUT2D eigenvalue weighted by molar-refractivity contribution is 7.11. The first-order valence-electron chi connectivity index (χ1n) is 8.11. The van der Waals surface area contributed by atoms with Crippen LogP contribution in [0, 0.1) is 5.92 Å². The summed E-state index contributed by atoms with van der Waals surface area (Å²) in [7, 11) is 0. The fourth-order valence-electron chi connectivity index (χ4n) is 2.95. The van der Waals surface area contributed by atoms with Gasteiger partial charge in [-0.05, 0) is 30.9 Å². The lowest BCUT2D eigenvalue weighted by Gasteiger charge is -2.30. The Bertz CT molecular complexity index is 388. The quantitative estimate of drug-likeness (QED) is 0.785. The van der Waals surface area contributed by atoms with Gasteiger partial charge in [-0.25, -0.2) is 0 Å². The van der Waals surface area contributed by atoms with Gasteiger partial charge >= 0.3 is 0 Å². The molecule has 0 aromatic carbocycles. The van der Waals surface area contributed by atoms with Crippen molar-refractivity contribution in [2.75, 3.05) is 0 Å². The predicted molar refractivity (Wildman–Crippen MR) is 87.1 cm³/mol. The lowest BCUT2D eigenvalue weighted by molar-refractivity contribution is -0.0211. The first kappa shape index (κ1) is 16.0. The SMILES string of the molecule is CCC1CCCCC1OCc1ccc(CNC(C)C)s1. The van der Waals surface area contributed by atoms with Crippen molar-refractivity contribution in [3.05, 3.63) is 21.9 Å². The molecule has 0 saturated heterocycles. The molecule has 1 aromatic rings. The monoisotopic (exact) mass is 295 g/mol. The van der Waals surface area contributed by atoms with E-state index in [1.165, 1.54) is 41.9 Å². The van der Waals surface area contributed by atoms with Gasteiger partial charge in [0.2, 0.25) is 0 Å². The van der Waals surface area contributed by atoms with Crippen LogP contribution in [-0.4, -0.2) is 12.1 Å². The van der Waals surface area contributed by atoms with E-state index in [9.17, 15) is 0 Å². The summed E-state index contributed by atoms with van der Waals surface area (Å²) in [5.74, 6) is 0.783. The molecule has 1 aliphatic carbocycles. The fourth-order valence-corrected chi connectivity index (χ4v) is 3.84. The Labute approximate surface area is 127 Å². The topological polar surface area (TPSA) is 21.3 Å². The van der Waals surface area contributed by atoms with E-state index in [-0.39, 0.29) is 0 Å². The Morgan fingerprint density at radius 1 is 1.25 bits per heavy atom. The summed E-state index contributed by atoms with van der Waals surface area (Å²) in [5, 5.41) is 3.47. The summed E-state index contributed by atoms with van der Waals surface area (Å²) in [6.45, 7) is 8.45. The Hall–Kier alpha value is -0.380. The molecule has 0 bridgehead atoms. The van der Waals surface area contributed by atoms with Crippen LogP contribution in [0.15, 0.2) is 12.1 Å². The van der Waals surface area contributed by atoms with Crippen LogP contribution in [-0.2, 0) is 17.9 Å². The third-order valence-electron chi connectivity index (χ3n) is 4.21. The molecule has 0 spiro atoms. The molecule has 1 fully saturated rings. The summed E-state index contributed by atoms with van der Waals surface area (Å²) >= 11 is 1.88. The van der Waals surface area contributed by atoms with E-state index in [0.717, 1.165) is 19.1 Å². The second-order valence-corrected chi connectivity index (χ2v) is 7.46. The van der Waals surface area contributed by atoms with Gasteiger partial charge in [0.15, 0.2) is 0 Å². The third kappa shape index (κ3) is 4.87. The molecule has 1 saturated carbocycles. The average Bonchev–Trinajstić information content (AvgIpc) is 2.91. The van der Waals surface area contributed by atoms with Gasteiger partial charge in [-0.15, -0.1) is 11.3 Å². The normalized spacial score (nSPS) is 23.4. The zero-order chi connectivity index (χ0) is 14.4. The maximum Gasteiger partial charge on any atom is 0.0813 e. The van der Waals surface area contributed by atoms with E-state index in [0.29, 0.717) is 12.1 Å². The predicted octanol–water partition coefficient (Wildman–Crippen LogP) is 4.73. The zero-order valence-corrected chi connectivity index (χ0v) is 14.0. The van der Waals surface area contributed by atoms with Crippen LogP contribution in [0.1, 0.15) is 62.6 Å². The minimum atomic E-state index is 0.494. The van der Waals surface area contributed by atoms with Crippen molar-refractivity contribution in [2.45, 2.75) is 78.2 Å². The van der Waals surface area contributed by atoms with Crippen molar-refractivity contribution >= 4 is 11.3 Å². The van der Waals surface area contributed by atoms with Crippen molar-refractivity contribution in [3.63, 3.8) is 0 Å². The molecule has 114 valence electrons. The smallest absolute Gasteiger partial charge is 0.0813 e. The molecule has 2 rings (SSSR count). The van der Waals surface area contributed by atoms with Crippen LogP contribution in [0.2, 0.25) is 0 Å². The summed E-state index contributed by atoms with van der Waals surface area (Å²) in [6, 6.07) is 5.01. The van der Waals surface area contributed by atoms with Gasteiger partial charge in [0, 0.05) is 22.3 Å². The zero-order valence-electron chi connectivity index (χ0n) is 13.2. The summed E-state index contributed by atoms with van der Waals surface area (Å²) in [5.41, 5.74) is 0. The van der Waals surface area contributed by atoms with Crippen LogP contribution in [0.5, 0.6) is 0 Å². The molecule has 2 nitrogen and oxygen atoms in total. The maximum atomic E-state index is 6.20. The van der Waals surface area contributed by atoms with Crippen molar-refractivity contribution in [3.8, 4) is 0 Å². The molecule has 2 unspecified atom stereocenters. The largest absolute Gasteiger partial charge is 0.372 e. The van der Waals surface area contributed by atoms with Crippen molar-refractivity contribution in [2.24, 2.45) is 5.92 Å². The van der Waals surface area contributed by atoms with Crippen LogP contribution in [0.4, 0.5) is 0 Å². The van der Waals surface area contributed by atoms with Gasteiger partial charge < -0.3 is 10.1 Å². The highest BCUT2D eigenvalue weighted by Gasteiger charge is 2.24. The first-order chi connectivity index (χ1) is 9.69. The van der Waals surface area contributed by atoms with Gasteiger partial charge in [-0.1, -0.05) is 40.0 Å². The molecule has 0 radical (unpaired) electrons. The molecule has 1 N–H and O–H groups in total. The molecule has 0 aliphatic heterocycles. The number of nitrogens with one attached hydrogen (secondary N) is 1. The Morgan fingerprint density at radius 2 is 2.00 bits per heavy atom. The number of hydrogen-bond acceptors (Lipinski definition) is 3. The molecule has 20 heavy (non-hydrogen) atoms. The molecule has 3 heteroatoms. The lowest BCUT2D eigenvalue weighted by atomic mass is 9.85. The molecule has 0 amide bonds. The molecule has 1 aliphatic rings. The highest BCUT2D eigenvalue weighted by Crippen LogP contribution is 2.30. The van der Waals surface area contributed by atoms with Crippen molar-refractivity contribution in [1.82, 2.24) is 5.32 Å². The Kier molecular flexibility index (Phi) is 6.53. The van der Waals surface area contributed by atoms with Crippen LogP contribution >= 0.6 is 11.3 Å². The number of thiophene rings is 1. The van der Waals surface area contributed by atoms with E-state index in [1.54, 1.807) is 0 Å². The van der Waals surface area contributed by atoms with Crippen molar-refractivity contribution in [1.29, 1.82) is 0 Å².